The molecule has 0 radical (unpaired) electrons. The van der Waals surface area contributed by atoms with Crippen LogP contribution in [0.25, 0.3) is 0 Å². The van der Waals surface area contributed by atoms with E-state index in [4.69, 9.17) is 0 Å². The Labute approximate surface area is 121 Å². The minimum atomic E-state index is -0.622. The number of nitrogens with one attached hydrogen (secondary N) is 2. The van der Waals surface area contributed by atoms with Crippen LogP contribution in [0, 0.1) is 0 Å². The molecular formula is C13H18N2O4S. The molecule has 1 heterocycles. The molecule has 0 aliphatic carbocycles. The lowest BCUT2D eigenvalue weighted by molar-refractivity contribution is -0.140. The molecule has 0 fully saturated rings. The molecule has 1 aromatic heterocycles. The number of hydrogen-bond acceptors (Lipinski definition) is 5. The van der Waals surface area contributed by atoms with Gasteiger partial charge in [0.15, 0.2) is 0 Å². The normalized spacial score (nSPS) is 11.5. The molecule has 1 atom stereocenters. The summed E-state index contributed by atoms with van der Waals surface area (Å²) in [5.41, 5.74) is 0. The minimum absolute atomic E-state index is 0.257. The van der Waals surface area contributed by atoms with Crippen LogP contribution in [0.4, 0.5) is 0 Å². The molecule has 0 bridgehead atoms. The smallest absolute Gasteiger partial charge is 0.305 e. The summed E-state index contributed by atoms with van der Waals surface area (Å²) in [7, 11) is 1.32. The van der Waals surface area contributed by atoms with Crippen LogP contribution in [0.3, 0.4) is 0 Å². The third-order valence-corrected chi connectivity index (χ3v) is 3.44. The zero-order valence-electron chi connectivity index (χ0n) is 11.5. The summed E-state index contributed by atoms with van der Waals surface area (Å²) in [5, 5.41) is 7.06. The zero-order valence-corrected chi connectivity index (χ0v) is 12.3. The Kier molecular flexibility index (Phi) is 6.72. The van der Waals surface area contributed by atoms with E-state index < -0.39 is 6.04 Å². The van der Waals surface area contributed by atoms with E-state index in [1.165, 1.54) is 18.4 Å². The zero-order chi connectivity index (χ0) is 15.0. The van der Waals surface area contributed by atoms with Crippen LogP contribution in [0.15, 0.2) is 17.5 Å². The van der Waals surface area contributed by atoms with Crippen LogP contribution in [0.5, 0.6) is 0 Å². The second-order valence-electron chi connectivity index (χ2n) is 4.14. The number of amides is 2. The summed E-state index contributed by atoms with van der Waals surface area (Å²) >= 11 is 1.32. The van der Waals surface area contributed by atoms with Crippen molar-refractivity contribution in [1.82, 2.24) is 10.6 Å². The number of carbonyl (C=O) groups excluding carboxylic acids is 3. The van der Waals surface area contributed by atoms with Gasteiger partial charge < -0.3 is 15.4 Å². The molecule has 1 aromatic rings. The van der Waals surface area contributed by atoms with Crippen LogP contribution in [0.1, 0.15) is 29.4 Å². The number of thiophene rings is 1. The van der Waals surface area contributed by atoms with E-state index in [0.717, 1.165) is 0 Å². The van der Waals surface area contributed by atoms with Gasteiger partial charge in [0.25, 0.3) is 5.91 Å². The Morgan fingerprint density at radius 1 is 1.40 bits per heavy atom. The van der Waals surface area contributed by atoms with Gasteiger partial charge in [-0.1, -0.05) is 6.07 Å². The topological polar surface area (TPSA) is 84.5 Å². The number of hydrogen-bond donors (Lipinski definition) is 2. The highest BCUT2D eigenvalue weighted by Gasteiger charge is 2.16. The Morgan fingerprint density at radius 3 is 2.75 bits per heavy atom. The van der Waals surface area contributed by atoms with E-state index in [0.29, 0.717) is 17.8 Å². The maximum Gasteiger partial charge on any atom is 0.305 e. The second-order valence-corrected chi connectivity index (χ2v) is 5.09. The van der Waals surface area contributed by atoms with E-state index in [1.54, 1.807) is 24.4 Å². The van der Waals surface area contributed by atoms with Crippen molar-refractivity contribution >= 4 is 29.1 Å². The lowest BCUT2D eigenvalue weighted by Crippen LogP contribution is -2.44. The molecule has 0 saturated heterocycles. The third-order valence-electron chi connectivity index (χ3n) is 2.57. The van der Waals surface area contributed by atoms with Crippen molar-refractivity contribution in [2.75, 3.05) is 13.7 Å². The predicted octanol–water partition coefficient (Wildman–Crippen LogP) is 0.936. The van der Waals surface area contributed by atoms with Gasteiger partial charge in [0.2, 0.25) is 5.91 Å². The minimum Gasteiger partial charge on any atom is -0.469 e. The Morgan fingerprint density at radius 2 is 2.15 bits per heavy atom. The molecule has 6 nitrogen and oxygen atoms in total. The highest BCUT2D eigenvalue weighted by Crippen LogP contribution is 2.08. The van der Waals surface area contributed by atoms with Crippen molar-refractivity contribution in [1.29, 1.82) is 0 Å². The van der Waals surface area contributed by atoms with E-state index >= 15 is 0 Å². The number of ether oxygens (including phenoxy) is 1. The molecule has 0 aromatic carbocycles. The van der Waals surface area contributed by atoms with Crippen molar-refractivity contribution in [2.24, 2.45) is 0 Å². The van der Waals surface area contributed by atoms with Crippen molar-refractivity contribution in [2.45, 2.75) is 25.8 Å². The van der Waals surface area contributed by atoms with Gasteiger partial charge in [0.1, 0.15) is 6.04 Å². The average molecular weight is 298 g/mol. The van der Waals surface area contributed by atoms with Gasteiger partial charge in [-0.05, 0) is 24.8 Å². The maximum atomic E-state index is 11.7. The highest BCUT2D eigenvalue weighted by molar-refractivity contribution is 7.12. The summed E-state index contributed by atoms with van der Waals surface area (Å²) in [6.07, 6.45) is 0.761. The van der Waals surface area contributed by atoms with Gasteiger partial charge in [0, 0.05) is 13.0 Å². The molecule has 20 heavy (non-hydrogen) atoms. The molecule has 0 aliphatic rings. The number of carbonyl (C=O) groups is 3. The van der Waals surface area contributed by atoms with Gasteiger partial charge in [0.05, 0.1) is 12.0 Å². The summed E-state index contributed by atoms with van der Waals surface area (Å²) in [4.78, 5) is 34.9. The molecular weight excluding hydrogens is 280 g/mol. The van der Waals surface area contributed by atoms with Gasteiger partial charge in [-0.15, -0.1) is 11.3 Å². The molecule has 2 N–H and O–H groups in total. The van der Waals surface area contributed by atoms with Gasteiger partial charge in [-0.2, -0.15) is 0 Å². The standard InChI is InChI=1S/C13H18N2O4S/c1-9(15-13(18)10-5-4-8-20-10)12(17)14-7-3-6-11(16)19-2/h4-5,8-9H,3,6-7H2,1-2H3,(H,14,17)(H,15,18). The van der Waals surface area contributed by atoms with Crippen molar-refractivity contribution in [3.8, 4) is 0 Å². The number of methoxy groups -OCH3 is 1. The van der Waals surface area contributed by atoms with E-state index in [1.807, 2.05) is 0 Å². The van der Waals surface area contributed by atoms with Gasteiger partial charge in [-0.3, -0.25) is 14.4 Å². The average Bonchev–Trinajstić information content (AvgIpc) is 2.96. The largest absolute Gasteiger partial charge is 0.469 e. The summed E-state index contributed by atoms with van der Waals surface area (Å²) in [6.45, 7) is 1.98. The van der Waals surface area contributed by atoms with Gasteiger partial charge in [-0.25, -0.2) is 0 Å². The van der Waals surface area contributed by atoms with E-state index in [-0.39, 0.29) is 24.2 Å². The van der Waals surface area contributed by atoms with Crippen LogP contribution < -0.4 is 10.6 Å². The van der Waals surface area contributed by atoms with Crippen molar-refractivity contribution < 1.29 is 19.1 Å². The van der Waals surface area contributed by atoms with E-state index in [2.05, 4.69) is 15.4 Å². The van der Waals surface area contributed by atoms with E-state index in [9.17, 15) is 14.4 Å². The molecule has 2 amide bonds. The van der Waals surface area contributed by atoms with Crippen LogP contribution in [0.2, 0.25) is 0 Å². The fourth-order valence-corrected chi connectivity index (χ4v) is 2.07. The van der Waals surface area contributed by atoms with Crippen LogP contribution in [-0.4, -0.2) is 37.5 Å². The summed E-state index contributed by atoms with van der Waals surface area (Å²) < 4.78 is 4.49. The maximum absolute atomic E-state index is 11.7. The Hall–Kier alpha value is -1.89. The lowest BCUT2D eigenvalue weighted by Gasteiger charge is -2.13. The van der Waals surface area contributed by atoms with Crippen LogP contribution in [-0.2, 0) is 14.3 Å². The fraction of sp³-hybridized carbons (Fsp3) is 0.462. The molecule has 0 aliphatic heterocycles. The first-order chi connectivity index (χ1) is 9.54. The molecule has 110 valence electrons. The molecule has 1 rings (SSSR count). The highest BCUT2D eigenvalue weighted by atomic mass is 32.1. The summed E-state index contributed by atoms with van der Waals surface area (Å²) in [6, 6.07) is 2.85. The Bertz CT molecular complexity index is 459. The van der Waals surface area contributed by atoms with Crippen LogP contribution >= 0.6 is 11.3 Å². The monoisotopic (exact) mass is 298 g/mol. The first-order valence-electron chi connectivity index (χ1n) is 6.23. The van der Waals surface area contributed by atoms with Crippen molar-refractivity contribution in [3.05, 3.63) is 22.4 Å². The first-order valence-corrected chi connectivity index (χ1v) is 7.11. The molecule has 0 spiro atoms. The predicted molar refractivity (Wildman–Crippen MR) is 75.5 cm³/mol. The lowest BCUT2D eigenvalue weighted by atomic mass is 10.2. The molecule has 0 saturated carbocycles. The SMILES string of the molecule is COC(=O)CCCNC(=O)C(C)NC(=O)c1cccs1. The summed E-state index contributed by atoms with van der Waals surface area (Å²) in [5.74, 6) is -0.852. The third kappa shape index (κ3) is 5.40. The van der Waals surface area contributed by atoms with Gasteiger partial charge >= 0.3 is 5.97 Å². The number of esters is 1. The number of rotatable bonds is 7. The Balaban J connectivity index is 2.25. The first kappa shape index (κ1) is 16.2. The molecule has 7 heteroatoms. The second kappa shape index (κ2) is 8.31. The quantitative estimate of drug-likeness (QED) is 0.579. The van der Waals surface area contributed by atoms with Crippen molar-refractivity contribution in [3.63, 3.8) is 0 Å². The fourth-order valence-electron chi connectivity index (χ4n) is 1.44. The molecule has 1 unspecified atom stereocenters.